The van der Waals surface area contributed by atoms with E-state index in [1.165, 1.54) is 0 Å². The van der Waals surface area contributed by atoms with Gasteiger partial charge in [0.2, 0.25) is 0 Å². The van der Waals surface area contributed by atoms with Crippen molar-refractivity contribution >= 4 is 5.91 Å². The molecule has 5 nitrogen and oxygen atoms in total. The largest absolute Gasteiger partial charge is 0.393 e. The number of quaternary nitrogens is 1. The van der Waals surface area contributed by atoms with Crippen molar-refractivity contribution in [2.75, 3.05) is 33.8 Å². The van der Waals surface area contributed by atoms with Crippen molar-refractivity contribution in [3.63, 3.8) is 0 Å². The van der Waals surface area contributed by atoms with E-state index in [2.05, 4.69) is 0 Å². The topological polar surface area (TPSA) is 83.5 Å². The molecule has 1 amide bonds. The predicted octanol–water partition coefficient (Wildman–Crippen LogP) is -0.538. The molecule has 0 fully saturated rings. The van der Waals surface area contributed by atoms with Crippen LogP contribution in [0.25, 0.3) is 0 Å². The predicted molar refractivity (Wildman–Crippen MR) is 62.6 cm³/mol. The van der Waals surface area contributed by atoms with Crippen molar-refractivity contribution in [2.45, 2.75) is 31.8 Å². The second kappa shape index (κ2) is 7.73. The summed E-state index contributed by atoms with van der Waals surface area (Å²) >= 11 is 0. The third-order valence-electron chi connectivity index (χ3n) is 2.65. The fourth-order valence-electron chi connectivity index (χ4n) is 1.59. The van der Waals surface area contributed by atoms with Crippen molar-refractivity contribution in [1.82, 2.24) is 0 Å². The Kier molecular flexibility index (Phi) is 7.49. The Morgan fingerprint density at radius 3 is 2.44 bits per heavy atom. The highest BCUT2D eigenvalue weighted by molar-refractivity contribution is 5.68. The normalized spacial score (nSPS) is 13.8. The number of hydrogen-bond donors (Lipinski definition) is 3. The number of rotatable bonds is 8. The minimum atomic E-state index is -0.831. The quantitative estimate of drug-likeness (QED) is 0.388. The number of amides is 1. The third kappa shape index (κ3) is 6.17. The Morgan fingerprint density at radius 2 is 1.94 bits per heavy atom. The molecule has 0 aromatic carbocycles. The summed E-state index contributed by atoms with van der Waals surface area (Å²) in [7, 11) is 3.51. The van der Waals surface area contributed by atoms with Crippen LogP contribution in [0.3, 0.4) is 0 Å². The summed E-state index contributed by atoms with van der Waals surface area (Å²) in [4.78, 5) is 11.8. The smallest absolute Gasteiger partial charge is 0.313 e. The summed E-state index contributed by atoms with van der Waals surface area (Å²) in [6.07, 6.45) is 2.42. The molecule has 16 heavy (non-hydrogen) atoms. The van der Waals surface area contributed by atoms with Gasteiger partial charge in [0.15, 0.2) is 0 Å². The number of nitrogens with zero attached hydrogens (tertiary/aromatic N) is 1. The van der Waals surface area contributed by atoms with Gasteiger partial charge in [0.1, 0.15) is 12.6 Å². The van der Waals surface area contributed by atoms with Gasteiger partial charge in [0.25, 0.3) is 0 Å². The van der Waals surface area contributed by atoms with Crippen LogP contribution in [0.15, 0.2) is 0 Å². The Labute approximate surface area is 97.4 Å². The first-order chi connectivity index (χ1) is 7.44. The molecular weight excluding hydrogens is 208 g/mol. The molecular formula is C11H25N2O3+. The summed E-state index contributed by atoms with van der Waals surface area (Å²) in [6.45, 7) is 0.615. The molecule has 0 saturated heterocycles. The molecule has 0 aliphatic rings. The van der Waals surface area contributed by atoms with Gasteiger partial charge in [-0.25, -0.2) is 4.79 Å². The van der Waals surface area contributed by atoms with Crippen LogP contribution >= 0.6 is 0 Å². The summed E-state index contributed by atoms with van der Waals surface area (Å²) in [5, 5.41) is 18.1. The number of aliphatic hydroxyl groups excluding tert-OH is 2. The summed E-state index contributed by atoms with van der Waals surface area (Å²) in [5.74, 6) is 0.0875. The van der Waals surface area contributed by atoms with E-state index in [0.717, 1.165) is 19.3 Å². The van der Waals surface area contributed by atoms with Gasteiger partial charge < -0.3 is 15.9 Å². The Hall–Kier alpha value is -0.490. The lowest BCUT2D eigenvalue weighted by atomic mass is 10.1. The highest BCUT2D eigenvalue weighted by atomic mass is 16.3. The maximum Gasteiger partial charge on any atom is 0.313 e. The summed E-state index contributed by atoms with van der Waals surface area (Å²) < 4.78 is 0.115. The van der Waals surface area contributed by atoms with Crippen molar-refractivity contribution < 1.29 is 19.5 Å². The highest BCUT2D eigenvalue weighted by Gasteiger charge is 2.28. The van der Waals surface area contributed by atoms with Crippen LogP contribution in [0.1, 0.15) is 25.7 Å². The number of carbonyl (C=O) groups is 1. The van der Waals surface area contributed by atoms with Crippen molar-refractivity contribution in [2.24, 2.45) is 5.73 Å². The average Bonchev–Trinajstić information content (AvgIpc) is 2.23. The molecule has 4 N–H and O–H groups in total. The van der Waals surface area contributed by atoms with Crippen LogP contribution < -0.4 is 5.73 Å². The molecule has 1 atom stereocenters. The van der Waals surface area contributed by atoms with E-state index >= 15 is 0 Å². The molecule has 0 rings (SSSR count). The first-order valence-corrected chi connectivity index (χ1v) is 5.79. The molecule has 0 heterocycles. The number of hydrogen-bond acceptors (Lipinski definition) is 4. The molecule has 0 spiro atoms. The summed E-state index contributed by atoms with van der Waals surface area (Å²) in [6, 6.07) is 0. The number of nitrogens with two attached hydrogens (primary N) is 1. The molecule has 96 valence electrons. The maximum absolute atomic E-state index is 11.8. The molecule has 0 bridgehead atoms. The zero-order chi connectivity index (χ0) is 12.6. The van der Waals surface area contributed by atoms with E-state index in [-0.39, 0.29) is 23.5 Å². The molecule has 0 aromatic heterocycles. The zero-order valence-electron chi connectivity index (χ0n) is 10.4. The van der Waals surface area contributed by atoms with Crippen LogP contribution in [0.5, 0.6) is 0 Å². The van der Waals surface area contributed by atoms with E-state index in [1.54, 1.807) is 14.1 Å². The first kappa shape index (κ1) is 15.5. The molecule has 0 aliphatic carbocycles. The van der Waals surface area contributed by atoms with Gasteiger partial charge in [0.05, 0.1) is 27.1 Å². The monoisotopic (exact) mass is 233 g/mol. The van der Waals surface area contributed by atoms with E-state index in [4.69, 9.17) is 10.8 Å². The lowest BCUT2D eigenvalue weighted by molar-refractivity contribution is -0.818. The van der Waals surface area contributed by atoms with Gasteiger partial charge in [-0.15, -0.1) is 0 Å². The fourth-order valence-corrected chi connectivity index (χ4v) is 1.59. The molecule has 1 unspecified atom stereocenters. The van der Waals surface area contributed by atoms with Crippen molar-refractivity contribution in [3.05, 3.63) is 0 Å². The molecule has 0 saturated carbocycles. The van der Waals surface area contributed by atoms with E-state index in [9.17, 15) is 9.90 Å². The van der Waals surface area contributed by atoms with Gasteiger partial charge in [-0.1, -0.05) is 6.42 Å². The zero-order valence-corrected chi connectivity index (χ0v) is 10.4. The van der Waals surface area contributed by atoms with Crippen LogP contribution in [0.4, 0.5) is 0 Å². The van der Waals surface area contributed by atoms with Crippen LogP contribution in [0.2, 0.25) is 0 Å². The highest BCUT2D eigenvalue weighted by Crippen LogP contribution is 2.08. The number of aliphatic hydroxyl groups is 2. The van der Waals surface area contributed by atoms with Gasteiger partial charge in [-0.2, -0.15) is 0 Å². The third-order valence-corrected chi connectivity index (χ3v) is 2.65. The van der Waals surface area contributed by atoms with Gasteiger partial charge in [-0.3, -0.25) is 4.48 Å². The van der Waals surface area contributed by atoms with E-state index in [0.29, 0.717) is 13.0 Å². The lowest BCUT2D eigenvalue weighted by Gasteiger charge is -2.28. The Morgan fingerprint density at radius 1 is 1.31 bits per heavy atom. The summed E-state index contributed by atoms with van der Waals surface area (Å²) in [5.41, 5.74) is 5.37. The Balaban J connectivity index is 3.94. The van der Waals surface area contributed by atoms with E-state index < -0.39 is 6.10 Å². The van der Waals surface area contributed by atoms with Crippen molar-refractivity contribution in [1.29, 1.82) is 0 Å². The van der Waals surface area contributed by atoms with Crippen LogP contribution in [-0.2, 0) is 4.79 Å². The molecule has 5 heteroatoms. The molecule has 0 radical (unpaired) electrons. The van der Waals surface area contributed by atoms with E-state index in [1.807, 2.05) is 0 Å². The van der Waals surface area contributed by atoms with Gasteiger partial charge >= 0.3 is 5.91 Å². The van der Waals surface area contributed by atoms with Crippen LogP contribution in [0, 0.1) is 0 Å². The maximum atomic E-state index is 11.8. The van der Waals surface area contributed by atoms with Gasteiger partial charge in [0, 0.05) is 0 Å². The lowest BCUT2D eigenvalue weighted by Crippen LogP contribution is -2.50. The number of likely N-dealkylation sites (N-methyl/N-ethyl adjacent to an activating group) is 1. The van der Waals surface area contributed by atoms with Crippen molar-refractivity contribution in [3.8, 4) is 0 Å². The fraction of sp³-hybridized carbons (Fsp3) is 0.909. The average molecular weight is 233 g/mol. The first-order valence-electron chi connectivity index (χ1n) is 5.79. The van der Waals surface area contributed by atoms with Gasteiger partial charge in [-0.05, 0) is 19.4 Å². The molecule has 0 aliphatic heterocycles. The number of unbranched alkanes of at least 4 members (excludes halogenated alkanes) is 2. The minimum Gasteiger partial charge on any atom is -0.393 e. The standard InChI is InChI=1S/C11H25N2O3/c1-13(2,8-10(15)9-14)11(16)6-4-3-5-7-12/h10,14-15H,3-9,12H2,1-2H3/q+1. The molecule has 0 aromatic rings. The minimum absolute atomic E-state index is 0.0875. The SMILES string of the molecule is C[N+](C)(CC(O)CO)C(=O)CCCCCN. The number of carbonyl (C=O) groups excluding carboxylic acids is 1. The second-order valence-electron chi connectivity index (χ2n) is 4.70. The van der Waals surface area contributed by atoms with Crippen LogP contribution in [-0.4, -0.2) is 60.5 Å². The second-order valence-corrected chi connectivity index (χ2v) is 4.70. The Bertz CT molecular complexity index is 207.